The molecule has 2 aliphatic heterocycles. The number of hydrogen-bond acceptors (Lipinski definition) is 9. The van der Waals surface area contributed by atoms with Gasteiger partial charge in [-0.1, -0.05) is 30.3 Å². The fraction of sp³-hybridized carbons (Fsp3) is 0.500. The lowest BCUT2D eigenvalue weighted by atomic mass is 9.98. The Morgan fingerprint density at radius 3 is 2.26 bits per heavy atom. The fourth-order valence-corrected chi connectivity index (χ4v) is 5.65. The summed E-state index contributed by atoms with van der Waals surface area (Å²) in [6.07, 6.45) is -0.649. The van der Waals surface area contributed by atoms with Crippen LogP contribution in [-0.4, -0.2) is 60.1 Å². The quantitative estimate of drug-likeness (QED) is 0.316. The van der Waals surface area contributed by atoms with Gasteiger partial charge in [-0.2, -0.15) is 0 Å². The predicted molar refractivity (Wildman–Crippen MR) is 105 cm³/mol. The van der Waals surface area contributed by atoms with Gasteiger partial charge in [0.2, 0.25) is 12.7 Å². The third-order valence-electron chi connectivity index (χ3n) is 5.40. The number of β-lactam (4-membered cyclic amide) rings is 1. The van der Waals surface area contributed by atoms with Gasteiger partial charge < -0.3 is 19.1 Å². The minimum atomic E-state index is -3.73. The van der Waals surface area contributed by atoms with Gasteiger partial charge in [-0.3, -0.25) is 14.4 Å². The van der Waals surface area contributed by atoms with E-state index in [0.29, 0.717) is 0 Å². The molecule has 2 fully saturated rings. The van der Waals surface area contributed by atoms with Crippen LogP contribution in [0.5, 0.6) is 0 Å². The molecule has 1 amide bonds. The van der Waals surface area contributed by atoms with Crippen molar-refractivity contribution in [2.24, 2.45) is 0 Å². The number of esters is 3. The van der Waals surface area contributed by atoms with Crippen molar-refractivity contribution < 1.29 is 41.8 Å². The van der Waals surface area contributed by atoms with Crippen molar-refractivity contribution in [1.29, 1.82) is 0 Å². The summed E-state index contributed by atoms with van der Waals surface area (Å²) in [5, 5.41) is -1.03. The van der Waals surface area contributed by atoms with Gasteiger partial charge in [0.05, 0.1) is 24.0 Å². The number of ether oxygens (including phenoxy) is 3. The number of carbonyl (C=O) groups excluding carboxylic acids is 4. The lowest BCUT2D eigenvalue weighted by molar-refractivity contribution is -0.176. The molecule has 0 aromatic heterocycles. The van der Waals surface area contributed by atoms with E-state index in [-0.39, 0.29) is 25.9 Å². The first-order chi connectivity index (χ1) is 14.6. The molecule has 1 aromatic carbocycles. The van der Waals surface area contributed by atoms with Crippen LogP contribution < -0.4 is 0 Å². The second kappa shape index (κ2) is 8.66. The number of nitrogens with zero attached hydrogens (tertiary/aromatic N) is 1. The lowest BCUT2D eigenvalue weighted by Gasteiger charge is -2.36. The van der Waals surface area contributed by atoms with E-state index in [1.165, 1.54) is 13.8 Å². The summed E-state index contributed by atoms with van der Waals surface area (Å²) >= 11 is 0. The zero-order valence-electron chi connectivity index (χ0n) is 17.1. The molecule has 31 heavy (non-hydrogen) atoms. The molecule has 0 radical (unpaired) electrons. The van der Waals surface area contributed by atoms with E-state index in [9.17, 15) is 27.6 Å². The second-order valence-corrected chi connectivity index (χ2v) is 10.4. The van der Waals surface area contributed by atoms with Gasteiger partial charge in [0, 0.05) is 0 Å². The first kappa shape index (κ1) is 22.7. The number of fused-ring (bicyclic) bond motifs is 1. The summed E-state index contributed by atoms with van der Waals surface area (Å²) in [5.74, 6) is -2.80. The highest BCUT2D eigenvalue weighted by Gasteiger charge is 2.68. The summed E-state index contributed by atoms with van der Waals surface area (Å²) in [7, 11) is -3.73. The first-order valence-electron chi connectivity index (χ1n) is 9.62. The van der Waals surface area contributed by atoms with E-state index in [0.717, 1.165) is 10.5 Å². The van der Waals surface area contributed by atoms with Crippen LogP contribution in [0.25, 0.3) is 0 Å². The molecule has 0 N–H and O–H groups in total. The van der Waals surface area contributed by atoms with E-state index in [4.69, 9.17) is 14.2 Å². The normalized spacial score (nSPS) is 22.8. The summed E-state index contributed by atoms with van der Waals surface area (Å²) in [6, 6.07) is 7.73. The van der Waals surface area contributed by atoms with E-state index >= 15 is 0 Å². The Morgan fingerprint density at radius 2 is 1.65 bits per heavy atom. The number of benzene rings is 1. The van der Waals surface area contributed by atoms with Gasteiger partial charge in [-0.25, -0.2) is 13.2 Å². The molecule has 0 unspecified atom stereocenters. The van der Waals surface area contributed by atoms with Crippen molar-refractivity contribution in [3.05, 3.63) is 35.9 Å². The molecular formula is C20H23NO9S. The molecule has 2 atom stereocenters. The Labute approximate surface area is 179 Å². The van der Waals surface area contributed by atoms with Gasteiger partial charge in [0.15, 0.2) is 9.84 Å². The minimum Gasteiger partial charge on any atom is -0.461 e. The summed E-state index contributed by atoms with van der Waals surface area (Å²) in [5.41, 5.74) is 0.810. The zero-order chi connectivity index (χ0) is 22.8. The van der Waals surface area contributed by atoms with Crippen molar-refractivity contribution in [3.63, 3.8) is 0 Å². The van der Waals surface area contributed by atoms with Crippen LogP contribution in [0.1, 0.15) is 38.7 Å². The van der Waals surface area contributed by atoms with Crippen molar-refractivity contribution in [1.82, 2.24) is 4.90 Å². The van der Waals surface area contributed by atoms with Crippen LogP contribution in [-0.2, 0) is 49.8 Å². The van der Waals surface area contributed by atoms with E-state index < -0.39 is 56.6 Å². The molecule has 2 saturated heterocycles. The maximum Gasteiger partial charge on any atom is 0.333 e. The van der Waals surface area contributed by atoms with Crippen LogP contribution in [0, 0.1) is 0 Å². The molecule has 0 spiro atoms. The Bertz CT molecular complexity index is 987. The summed E-state index contributed by atoms with van der Waals surface area (Å²) < 4.78 is 38.1. The Balaban J connectivity index is 1.40. The number of amides is 1. The smallest absolute Gasteiger partial charge is 0.333 e. The van der Waals surface area contributed by atoms with Gasteiger partial charge in [-0.05, 0) is 19.4 Å². The second-order valence-electron chi connectivity index (χ2n) is 7.75. The molecule has 0 aliphatic carbocycles. The van der Waals surface area contributed by atoms with E-state index in [2.05, 4.69) is 0 Å². The summed E-state index contributed by atoms with van der Waals surface area (Å²) in [6.45, 7) is 2.04. The maximum absolute atomic E-state index is 12.5. The van der Waals surface area contributed by atoms with Crippen LogP contribution in [0.3, 0.4) is 0 Å². The van der Waals surface area contributed by atoms with Crippen molar-refractivity contribution in [2.75, 3.05) is 6.79 Å². The number of carbonyl (C=O) groups is 4. The number of hydrogen-bond donors (Lipinski definition) is 0. The number of sulfone groups is 1. The minimum absolute atomic E-state index is 0.0859. The molecule has 2 aliphatic rings. The fourth-order valence-electron chi connectivity index (χ4n) is 3.53. The topological polar surface area (TPSA) is 133 Å². The van der Waals surface area contributed by atoms with Crippen LogP contribution >= 0.6 is 0 Å². The third kappa shape index (κ3) is 4.41. The Kier molecular flexibility index (Phi) is 6.35. The average Bonchev–Trinajstić information content (AvgIpc) is 2.85. The molecule has 10 nitrogen and oxygen atoms in total. The van der Waals surface area contributed by atoms with Crippen molar-refractivity contribution in [3.8, 4) is 0 Å². The third-order valence-corrected chi connectivity index (χ3v) is 8.20. The predicted octanol–water partition coefficient (Wildman–Crippen LogP) is 0.688. The van der Waals surface area contributed by atoms with E-state index in [1.807, 2.05) is 18.2 Å². The molecule has 0 saturated carbocycles. The highest BCUT2D eigenvalue weighted by Crippen LogP contribution is 2.45. The SMILES string of the molecule is CC1(C)[C@H](C(=O)OCOC(=O)CCC(=O)OCc2ccccc2)N2C(=O)C[C@H]2S1(=O)=O. The largest absolute Gasteiger partial charge is 0.461 e. The molecule has 3 rings (SSSR count). The monoisotopic (exact) mass is 453 g/mol. The Morgan fingerprint density at radius 1 is 1.03 bits per heavy atom. The molecular weight excluding hydrogens is 430 g/mol. The standard InChI is InChI=1S/C20H23NO9S/c1-20(2)18(21-14(22)10-15(21)31(20,26)27)19(25)30-12-29-17(24)9-8-16(23)28-11-13-6-4-3-5-7-13/h3-7,15,18H,8-12H2,1-2H3/t15-,18+/m1/s1. The highest BCUT2D eigenvalue weighted by molar-refractivity contribution is 7.93. The van der Waals surface area contributed by atoms with Crippen LogP contribution in [0.4, 0.5) is 0 Å². The maximum atomic E-state index is 12.5. The molecule has 11 heteroatoms. The van der Waals surface area contributed by atoms with Crippen molar-refractivity contribution in [2.45, 2.75) is 55.9 Å². The summed E-state index contributed by atoms with van der Waals surface area (Å²) in [4.78, 5) is 48.7. The highest BCUT2D eigenvalue weighted by atomic mass is 32.2. The van der Waals surface area contributed by atoms with Crippen LogP contribution in [0.15, 0.2) is 30.3 Å². The van der Waals surface area contributed by atoms with Gasteiger partial charge in [0.1, 0.15) is 18.0 Å². The Hall–Kier alpha value is -2.95. The number of rotatable bonds is 8. The zero-order valence-corrected chi connectivity index (χ0v) is 17.9. The molecule has 1 aromatic rings. The van der Waals surface area contributed by atoms with Crippen molar-refractivity contribution >= 4 is 33.7 Å². The molecule has 0 bridgehead atoms. The first-order valence-corrected chi connectivity index (χ1v) is 11.2. The van der Waals surface area contributed by atoms with Crippen LogP contribution in [0.2, 0.25) is 0 Å². The van der Waals surface area contributed by atoms with Gasteiger partial charge in [-0.15, -0.1) is 0 Å². The lowest BCUT2D eigenvalue weighted by Crippen LogP contribution is -2.57. The molecule has 2 heterocycles. The average molecular weight is 453 g/mol. The van der Waals surface area contributed by atoms with Gasteiger partial charge >= 0.3 is 17.9 Å². The van der Waals surface area contributed by atoms with E-state index in [1.54, 1.807) is 12.1 Å². The molecule has 168 valence electrons. The van der Waals surface area contributed by atoms with Gasteiger partial charge in [0.25, 0.3) is 0 Å².